The van der Waals surface area contributed by atoms with Gasteiger partial charge in [0, 0.05) is 7.05 Å². The van der Waals surface area contributed by atoms with E-state index >= 15 is 0 Å². The van der Waals surface area contributed by atoms with Gasteiger partial charge >= 0.3 is 0 Å². The lowest BCUT2D eigenvalue weighted by molar-refractivity contribution is 0.0992. The number of rotatable bonds is 6. The summed E-state index contributed by atoms with van der Waals surface area (Å²) in [6, 6.07) is 10.7. The van der Waals surface area contributed by atoms with E-state index in [1.165, 1.54) is 0 Å². The first-order chi connectivity index (χ1) is 12.1. The van der Waals surface area contributed by atoms with Crippen molar-refractivity contribution in [1.82, 2.24) is 9.78 Å². The highest BCUT2D eigenvalue weighted by Crippen LogP contribution is 2.27. The molecule has 1 amide bonds. The zero-order chi connectivity index (χ0) is 17.8. The number of carbonyl (C=O) groups excluding carboxylic acids is 1. The van der Waals surface area contributed by atoms with Gasteiger partial charge in [0.05, 0.1) is 24.7 Å². The lowest BCUT2D eigenvalue weighted by Crippen LogP contribution is -2.11. The molecule has 130 valence electrons. The average Bonchev–Trinajstić information content (AvgIpc) is 3.22. The first-order valence-corrected chi connectivity index (χ1v) is 7.73. The first-order valence-electron chi connectivity index (χ1n) is 7.73. The molecule has 2 heterocycles. The highest BCUT2D eigenvalue weighted by molar-refractivity contribution is 6.02. The molecule has 0 atom stereocenters. The van der Waals surface area contributed by atoms with Gasteiger partial charge in [-0.1, -0.05) is 12.1 Å². The molecule has 2 aromatic heterocycles. The number of para-hydroxylation sites is 2. The molecule has 0 saturated heterocycles. The molecule has 0 spiro atoms. The van der Waals surface area contributed by atoms with Gasteiger partial charge in [0.25, 0.3) is 5.91 Å². The minimum Gasteiger partial charge on any atom is -0.493 e. The predicted octanol–water partition coefficient (Wildman–Crippen LogP) is 3.16. The van der Waals surface area contributed by atoms with Gasteiger partial charge in [-0.05, 0) is 31.2 Å². The van der Waals surface area contributed by atoms with E-state index in [4.69, 9.17) is 13.9 Å². The predicted molar refractivity (Wildman–Crippen MR) is 91.9 cm³/mol. The zero-order valence-electron chi connectivity index (χ0n) is 14.3. The van der Waals surface area contributed by atoms with Crippen LogP contribution >= 0.6 is 0 Å². The molecule has 0 fully saturated rings. The highest BCUT2D eigenvalue weighted by Gasteiger charge is 2.14. The van der Waals surface area contributed by atoms with Crippen LogP contribution in [0.15, 0.2) is 47.0 Å². The number of ether oxygens (including phenoxy) is 2. The number of furan rings is 1. The quantitative estimate of drug-likeness (QED) is 0.745. The monoisotopic (exact) mass is 341 g/mol. The number of hydrogen-bond acceptors (Lipinski definition) is 5. The molecule has 0 aliphatic rings. The van der Waals surface area contributed by atoms with E-state index in [-0.39, 0.29) is 18.3 Å². The molecular formula is C18H19N3O4. The van der Waals surface area contributed by atoms with E-state index < -0.39 is 0 Å². The molecule has 25 heavy (non-hydrogen) atoms. The normalized spacial score (nSPS) is 10.5. The Morgan fingerprint density at radius 2 is 2.00 bits per heavy atom. The Labute approximate surface area is 145 Å². The maximum absolute atomic E-state index is 12.3. The third-order valence-electron chi connectivity index (χ3n) is 3.81. The van der Waals surface area contributed by atoms with Crippen molar-refractivity contribution in [3.05, 3.63) is 59.8 Å². The number of nitrogens with zero attached hydrogens (tertiary/aromatic N) is 2. The molecule has 0 aliphatic carbocycles. The second-order valence-electron chi connectivity index (χ2n) is 5.43. The van der Waals surface area contributed by atoms with Crippen LogP contribution in [0, 0.1) is 6.92 Å². The Hall–Kier alpha value is -3.22. The SMILES string of the molecule is COc1ccccc1OCc1ccc(C(=O)Nc2cnn(C)c2C)o1. The minimum absolute atomic E-state index is 0.194. The minimum atomic E-state index is -0.334. The summed E-state index contributed by atoms with van der Waals surface area (Å²) >= 11 is 0. The van der Waals surface area contributed by atoms with E-state index in [0.717, 1.165) is 5.69 Å². The van der Waals surface area contributed by atoms with Crippen LogP contribution in [0.1, 0.15) is 22.0 Å². The van der Waals surface area contributed by atoms with Crippen LogP contribution in [0.5, 0.6) is 11.5 Å². The van der Waals surface area contributed by atoms with Crippen LogP contribution < -0.4 is 14.8 Å². The lowest BCUT2D eigenvalue weighted by atomic mass is 10.3. The van der Waals surface area contributed by atoms with Crippen molar-refractivity contribution in [3.8, 4) is 11.5 Å². The Bertz CT molecular complexity index is 882. The number of aryl methyl sites for hydroxylation is 1. The number of amides is 1. The van der Waals surface area contributed by atoms with Crippen LogP contribution in [0.2, 0.25) is 0 Å². The van der Waals surface area contributed by atoms with Crippen molar-refractivity contribution in [3.63, 3.8) is 0 Å². The van der Waals surface area contributed by atoms with Crippen molar-refractivity contribution < 1.29 is 18.7 Å². The Morgan fingerprint density at radius 3 is 2.68 bits per heavy atom. The summed E-state index contributed by atoms with van der Waals surface area (Å²) in [5.74, 6) is 1.66. The van der Waals surface area contributed by atoms with E-state index in [1.54, 1.807) is 36.2 Å². The summed E-state index contributed by atoms with van der Waals surface area (Å²) in [6.07, 6.45) is 1.60. The molecule has 0 saturated carbocycles. The van der Waals surface area contributed by atoms with Gasteiger partial charge in [0.1, 0.15) is 12.4 Å². The fraction of sp³-hybridized carbons (Fsp3) is 0.222. The van der Waals surface area contributed by atoms with Crippen molar-refractivity contribution in [2.75, 3.05) is 12.4 Å². The molecule has 0 bridgehead atoms. The molecule has 7 nitrogen and oxygen atoms in total. The fourth-order valence-electron chi connectivity index (χ4n) is 2.27. The third-order valence-corrected chi connectivity index (χ3v) is 3.81. The molecular weight excluding hydrogens is 322 g/mol. The molecule has 0 radical (unpaired) electrons. The van der Waals surface area contributed by atoms with Gasteiger partial charge in [-0.25, -0.2) is 0 Å². The van der Waals surface area contributed by atoms with Crippen LogP contribution in [-0.4, -0.2) is 22.8 Å². The number of methoxy groups -OCH3 is 1. The van der Waals surface area contributed by atoms with Gasteiger partial charge in [0.15, 0.2) is 17.3 Å². The fourth-order valence-corrected chi connectivity index (χ4v) is 2.27. The molecule has 3 aromatic rings. The Morgan fingerprint density at radius 1 is 1.24 bits per heavy atom. The van der Waals surface area contributed by atoms with E-state index in [9.17, 15) is 4.79 Å². The van der Waals surface area contributed by atoms with Crippen LogP contribution in [0.25, 0.3) is 0 Å². The second-order valence-corrected chi connectivity index (χ2v) is 5.43. The summed E-state index contributed by atoms with van der Waals surface area (Å²) < 4.78 is 18.2. The molecule has 7 heteroatoms. The average molecular weight is 341 g/mol. The standard InChI is InChI=1S/C18H19N3O4/c1-12-14(10-19-21(12)2)20-18(22)17-9-8-13(25-17)11-24-16-7-5-4-6-15(16)23-3/h4-10H,11H2,1-3H3,(H,20,22). The van der Waals surface area contributed by atoms with Crippen molar-refractivity contribution in [1.29, 1.82) is 0 Å². The number of anilines is 1. The topological polar surface area (TPSA) is 78.5 Å². The van der Waals surface area contributed by atoms with Gasteiger partial charge in [-0.2, -0.15) is 5.10 Å². The van der Waals surface area contributed by atoms with E-state index in [1.807, 2.05) is 32.2 Å². The van der Waals surface area contributed by atoms with Crippen molar-refractivity contribution in [2.24, 2.45) is 7.05 Å². The van der Waals surface area contributed by atoms with E-state index in [2.05, 4.69) is 10.4 Å². The Balaban J connectivity index is 1.64. The summed E-state index contributed by atoms with van der Waals surface area (Å²) in [7, 11) is 3.39. The van der Waals surface area contributed by atoms with Crippen LogP contribution in [0.3, 0.4) is 0 Å². The molecule has 3 rings (SSSR count). The highest BCUT2D eigenvalue weighted by atomic mass is 16.5. The van der Waals surface area contributed by atoms with Crippen LogP contribution in [-0.2, 0) is 13.7 Å². The number of hydrogen-bond donors (Lipinski definition) is 1. The summed E-state index contributed by atoms with van der Waals surface area (Å²) in [5, 5.41) is 6.86. The smallest absolute Gasteiger partial charge is 0.291 e. The van der Waals surface area contributed by atoms with Crippen molar-refractivity contribution >= 4 is 11.6 Å². The zero-order valence-corrected chi connectivity index (χ0v) is 14.3. The summed E-state index contributed by atoms with van der Waals surface area (Å²) in [5.41, 5.74) is 1.51. The largest absolute Gasteiger partial charge is 0.493 e. The summed E-state index contributed by atoms with van der Waals surface area (Å²) in [6.45, 7) is 2.07. The lowest BCUT2D eigenvalue weighted by Gasteiger charge is -2.08. The third kappa shape index (κ3) is 3.65. The second kappa shape index (κ2) is 7.12. The summed E-state index contributed by atoms with van der Waals surface area (Å²) in [4.78, 5) is 12.3. The van der Waals surface area contributed by atoms with Crippen LogP contribution in [0.4, 0.5) is 5.69 Å². The first kappa shape index (κ1) is 16.6. The number of nitrogens with one attached hydrogen (secondary N) is 1. The van der Waals surface area contributed by atoms with Gasteiger partial charge < -0.3 is 19.2 Å². The maximum Gasteiger partial charge on any atom is 0.291 e. The van der Waals surface area contributed by atoms with Gasteiger partial charge in [-0.15, -0.1) is 0 Å². The maximum atomic E-state index is 12.3. The Kier molecular flexibility index (Phi) is 4.74. The number of benzene rings is 1. The van der Waals surface area contributed by atoms with E-state index in [0.29, 0.717) is 22.9 Å². The molecule has 0 aliphatic heterocycles. The van der Waals surface area contributed by atoms with Gasteiger partial charge in [0.2, 0.25) is 0 Å². The number of aromatic nitrogens is 2. The molecule has 1 N–H and O–H groups in total. The number of carbonyl (C=O) groups is 1. The van der Waals surface area contributed by atoms with Gasteiger partial charge in [-0.3, -0.25) is 9.48 Å². The molecule has 0 unspecified atom stereocenters. The van der Waals surface area contributed by atoms with Crippen molar-refractivity contribution in [2.45, 2.75) is 13.5 Å². The molecule has 1 aromatic carbocycles.